The summed E-state index contributed by atoms with van der Waals surface area (Å²) in [6.07, 6.45) is 7.55. The van der Waals surface area contributed by atoms with Crippen LogP contribution in [0.4, 0.5) is 0 Å². The van der Waals surface area contributed by atoms with E-state index in [1.54, 1.807) is 47.0 Å². The maximum atomic E-state index is 12.6. The van der Waals surface area contributed by atoms with Gasteiger partial charge in [-0.1, -0.05) is 6.08 Å². The van der Waals surface area contributed by atoms with Crippen LogP contribution < -0.4 is 0 Å². The second-order valence-electron chi connectivity index (χ2n) is 5.79. The minimum Gasteiger partial charge on any atom is -0.467 e. The summed E-state index contributed by atoms with van der Waals surface area (Å²) in [5.74, 6) is 2.46. The molecule has 0 bridgehead atoms. The van der Waals surface area contributed by atoms with E-state index in [-0.39, 0.29) is 17.9 Å². The first-order chi connectivity index (χ1) is 10.6. The zero-order valence-corrected chi connectivity index (χ0v) is 13.4. The molecule has 2 aliphatic rings. The van der Waals surface area contributed by atoms with E-state index in [9.17, 15) is 9.59 Å². The van der Waals surface area contributed by atoms with Gasteiger partial charge in [-0.15, -0.1) is 11.8 Å². The summed E-state index contributed by atoms with van der Waals surface area (Å²) in [6.45, 7) is 0.424. The van der Waals surface area contributed by atoms with Gasteiger partial charge < -0.3 is 14.2 Å². The number of rotatable bonds is 5. The number of likely N-dealkylation sites (N-methyl/N-ethyl adjacent to an activating group) is 1. The third-order valence-electron chi connectivity index (χ3n) is 3.93. The fourth-order valence-electron chi connectivity index (χ4n) is 2.44. The lowest BCUT2D eigenvalue weighted by Crippen LogP contribution is -2.47. The molecule has 1 saturated carbocycles. The third kappa shape index (κ3) is 3.55. The number of carbonyl (C=O) groups excluding carboxylic acids is 2. The highest BCUT2D eigenvalue weighted by atomic mass is 32.2. The van der Waals surface area contributed by atoms with Gasteiger partial charge in [-0.25, -0.2) is 0 Å². The van der Waals surface area contributed by atoms with E-state index in [0.29, 0.717) is 24.1 Å². The smallest absolute Gasteiger partial charge is 0.247 e. The first-order valence-electron chi connectivity index (χ1n) is 7.49. The van der Waals surface area contributed by atoms with Crippen LogP contribution in [0.1, 0.15) is 18.6 Å². The van der Waals surface area contributed by atoms with E-state index in [1.807, 2.05) is 12.1 Å². The summed E-state index contributed by atoms with van der Waals surface area (Å²) in [6, 6.07) is 3.27. The van der Waals surface area contributed by atoms with Crippen molar-refractivity contribution in [3.63, 3.8) is 0 Å². The number of amides is 2. The fraction of sp³-hybridized carbons (Fsp3) is 0.500. The summed E-state index contributed by atoms with van der Waals surface area (Å²) in [4.78, 5) is 28.2. The molecule has 118 valence electrons. The minimum absolute atomic E-state index is 0.0328. The molecular weight excluding hydrogens is 300 g/mol. The predicted molar refractivity (Wildman–Crippen MR) is 85.0 cm³/mol. The van der Waals surface area contributed by atoms with Crippen LogP contribution in [0.25, 0.3) is 0 Å². The average Bonchev–Trinajstić information content (AvgIpc) is 3.00. The molecule has 1 aromatic heterocycles. The molecule has 2 heterocycles. The first kappa shape index (κ1) is 15.2. The molecule has 1 unspecified atom stereocenters. The van der Waals surface area contributed by atoms with Gasteiger partial charge in [0, 0.05) is 12.8 Å². The number of furan rings is 1. The number of thioether (sulfide) groups is 1. The molecule has 1 aliphatic heterocycles. The summed E-state index contributed by atoms with van der Waals surface area (Å²) < 4.78 is 5.27. The Morgan fingerprint density at radius 2 is 2.32 bits per heavy atom. The van der Waals surface area contributed by atoms with E-state index in [2.05, 4.69) is 0 Å². The molecule has 0 spiro atoms. The largest absolute Gasteiger partial charge is 0.467 e. The van der Waals surface area contributed by atoms with Crippen LogP contribution in [-0.2, 0) is 16.1 Å². The van der Waals surface area contributed by atoms with Crippen LogP contribution in [0.2, 0.25) is 0 Å². The Hall–Kier alpha value is -1.69. The van der Waals surface area contributed by atoms with Crippen LogP contribution >= 0.6 is 11.8 Å². The number of allylic oxidation sites excluding steroid dienone is 1. The molecule has 0 radical (unpaired) electrons. The lowest BCUT2D eigenvalue weighted by Gasteiger charge is -2.26. The number of nitrogens with zero attached hydrogens (tertiary/aromatic N) is 2. The Balaban J connectivity index is 1.61. The van der Waals surface area contributed by atoms with Crippen molar-refractivity contribution in [2.75, 3.05) is 18.7 Å². The maximum Gasteiger partial charge on any atom is 0.247 e. The minimum atomic E-state index is -0.374. The summed E-state index contributed by atoms with van der Waals surface area (Å²) in [5.41, 5.74) is 0. The van der Waals surface area contributed by atoms with Crippen molar-refractivity contribution >= 4 is 23.6 Å². The van der Waals surface area contributed by atoms with Gasteiger partial charge in [0.25, 0.3) is 0 Å². The van der Waals surface area contributed by atoms with Gasteiger partial charge in [0.15, 0.2) is 0 Å². The van der Waals surface area contributed by atoms with Crippen molar-refractivity contribution in [1.82, 2.24) is 9.80 Å². The van der Waals surface area contributed by atoms with Crippen LogP contribution in [-0.4, -0.2) is 46.3 Å². The molecule has 2 amide bonds. The van der Waals surface area contributed by atoms with Gasteiger partial charge in [-0.05, 0) is 37.0 Å². The molecule has 2 fully saturated rings. The van der Waals surface area contributed by atoms with Gasteiger partial charge in [0.05, 0.1) is 18.7 Å². The number of hydrogen-bond acceptors (Lipinski definition) is 4. The van der Waals surface area contributed by atoms with E-state index < -0.39 is 0 Å². The van der Waals surface area contributed by atoms with Crippen LogP contribution in [0.3, 0.4) is 0 Å². The normalized spacial score (nSPS) is 21.5. The molecule has 3 rings (SSSR count). The van der Waals surface area contributed by atoms with Gasteiger partial charge >= 0.3 is 0 Å². The lowest BCUT2D eigenvalue weighted by atomic mass is 10.2. The molecular formula is C16H20N2O3S. The van der Waals surface area contributed by atoms with Gasteiger partial charge in [0.1, 0.15) is 11.8 Å². The fourth-order valence-corrected chi connectivity index (χ4v) is 3.59. The van der Waals surface area contributed by atoms with Gasteiger partial charge in [-0.3, -0.25) is 9.59 Å². The Bertz CT molecular complexity index is 566. The molecule has 1 aromatic rings. The van der Waals surface area contributed by atoms with Crippen molar-refractivity contribution in [2.45, 2.75) is 25.4 Å². The Kier molecular flexibility index (Phi) is 4.57. The molecule has 0 aromatic carbocycles. The highest BCUT2D eigenvalue weighted by molar-refractivity contribution is 7.99. The van der Waals surface area contributed by atoms with Crippen LogP contribution in [0, 0.1) is 5.92 Å². The van der Waals surface area contributed by atoms with Gasteiger partial charge in [0.2, 0.25) is 11.8 Å². The third-order valence-corrected chi connectivity index (χ3v) is 4.94. The average molecular weight is 320 g/mol. The van der Waals surface area contributed by atoms with E-state index >= 15 is 0 Å². The Labute approximate surface area is 134 Å². The first-order valence-corrected chi connectivity index (χ1v) is 8.64. The van der Waals surface area contributed by atoms with Crippen molar-refractivity contribution in [1.29, 1.82) is 0 Å². The standard InChI is InChI=1S/C16H20N2O3S/c1-17(9-13-3-2-8-21-13)16(20)14-10-22-11-18(14)15(19)7-6-12-4-5-12/h2-3,6-8,12,14H,4-5,9-11H2,1H3/b7-6+. The molecule has 0 N–H and O–H groups in total. The van der Waals surface area contributed by atoms with E-state index in [4.69, 9.17) is 4.42 Å². The van der Waals surface area contributed by atoms with E-state index in [1.165, 1.54) is 12.8 Å². The molecule has 1 saturated heterocycles. The van der Waals surface area contributed by atoms with Crippen molar-refractivity contribution in [3.05, 3.63) is 36.3 Å². The lowest BCUT2D eigenvalue weighted by molar-refractivity contribution is -0.140. The SMILES string of the molecule is CN(Cc1ccco1)C(=O)C1CSCN1C(=O)/C=C/C1CC1. The summed E-state index contributed by atoms with van der Waals surface area (Å²) in [5, 5.41) is 0. The van der Waals surface area contributed by atoms with Crippen molar-refractivity contribution < 1.29 is 14.0 Å². The topological polar surface area (TPSA) is 53.8 Å². The second-order valence-corrected chi connectivity index (χ2v) is 6.79. The highest BCUT2D eigenvalue weighted by Gasteiger charge is 2.35. The molecule has 22 heavy (non-hydrogen) atoms. The molecule has 6 heteroatoms. The quantitative estimate of drug-likeness (QED) is 0.780. The maximum absolute atomic E-state index is 12.6. The van der Waals surface area contributed by atoms with Gasteiger partial charge in [-0.2, -0.15) is 0 Å². The predicted octanol–water partition coefficient (Wildman–Crippen LogP) is 2.11. The zero-order chi connectivity index (χ0) is 15.5. The van der Waals surface area contributed by atoms with Crippen molar-refractivity contribution in [3.8, 4) is 0 Å². The summed E-state index contributed by atoms with van der Waals surface area (Å²) >= 11 is 1.62. The Morgan fingerprint density at radius 3 is 3.00 bits per heavy atom. The summed E-state index contributed by atoms with van der Waals surface area (Å²) in [7, 11) is 1.75. The van der Waals surface area contributed by atoms with Crippen molar-refractivity contribution in [2.24, 2.45) is 5.92 Å². The number of hydrogen-bond donors (Lipinski definition) is 0. The zero-order valence-electron chi connectivity index (χ0n) is 12.6. The van der Waals surface area contributed by atoms with Crippen LogP contribution in [0.5, 0.6) is 0 Å². The number of carbonyl (C=O) groups is 2. The second kappa shape index (κ2) is 6.60. The van der Waals surface area contributed by atoms with E-state index in [0.717, 1.165) is 5.76 Å². The highest BCUT2D eigenvalue weighted by Crippen LogP contribution is 2.30. The molecule has 5 nitrogen and oxygen atoms in total. The molecule has 1 aliphatic carbocycles. The Morgan fingerprint density at radius 1 is 1.50 bits per heavy atom. The van der Waals surface area contributed by atoms with Crippen LogP contribution in [0.15, 0.2) is 35.0 Å². The molecule has 1 atom stereocenters. The monoisotopic (exact) mass is 320 g/mol.